The third kappa shape index (κ3) is 3.18. The lowest BCUT2D eigenvalue weighted by molar-refractivity contribution is 0.102. The summed E-state index contributed by atoms with van der Waals surface area (Å²) in [7, 11) is 0. The van der Waals surface area contributed by atoms with E-state index in [1.807, 2.05) is 36.4 Å². The SMILES string of the molecule is Cc1ccccc1-c1ccc(C(=O)Nc2ccc3c(c2)CCC3)cn1. The number of benzene rings is 2. The highest BCUT2D eigenvalue weighted by atomic mass is 16.1. The van der Waals surface area contributed by atoms with Crippen LogP contribution in [0, 0.1) is 6.92 Å². The standard InChI is InChI=1S/C22H20N2O/c1-15-5-2-3-8-20(15)21-12-10-18(14-23-21)22(25)24-19-11-9-16-6-4-7-17(16)13-19/h2-3,5,8-14H,4,6-7H2,1H3,(H,24,25). The summed E-state index contributed by atoms with van der Waals surface area (Å²) in [6.07, 6.45) is 5.10. The Hall–Kier alpha value is -2.94. The Bertz CT molecular complexity index is 929. The second-order valence-electron chi connectivity index (χ2n) is 6.54. The summed E-state index contributed by atoms with van der Waals surface area (Å²) in [4.78, 5) is 16.9. The third-order valence-electron chi connectivity index (χ3n) is 4.80. The lowest BCUT2D eigenvalue weighted by Gasteiger charge is -2.09. The first-order valence-electron chi connectivity index (χ1n) is 8.66. The van der Waals surface area contributed by atoms with E-state index in [2.05, 4.69) is 35.4 Å². The zero-order valence-corrected chi connectivity index (χ0v) is 14.3. The number of carbonyl (C=O) groups is 1. The molecule has 4 rings (SSSR count). The number of amides is 1. The smallest absolute Gasteiger partial charge is 0.257 e. The second kappa shape index (κ2) is 6.52. The highest BCUT2D eigenvalue weighted by Gasteiger charge is 2.13. The van der Waals surface area contributed by atoms with Crippen molar-refractivity contribution >= 4 is 11.6 Å². The van der Waals surface area contributed by atoms with Gasteiger partial charge in [0.25, 0.3) is 5.91 Å². The Balaban J connectivity index is 1.52. The number of fused-ring (bicyclic) bond motifs is 1. The molecular formula is C22H20N2O. The van der Waals surface area contributed by atoms with Gasteiger partial charge in [0.15, 0.2) is 0 Å². The Labute approximate surface area is 147 Å². The van der Waals surface area contributed by atoms with Crippen molar-refractivity contribution < 1.29 is 4.79 Å². The Morgan fingerprint density at radius 1 is 1.00 bits per heavy atom. The molecule has 3 heteroatoms. The highest BCUT2D eigenvalue weighted by molar-refractivity contribution is 6.04. The van der Waals surface area contributed by atoms with E-state index in [4.69, 9.17) is 0 Å². The first-order chi connectivity index (χ1) is 12.2. The minimum atomic E-state index is -0.123. The van der Waals surface area contributed by atoms with E-state index in [0.29, 0.717) is 5.56 Å². The molecule has 3 aromatic rings. The summed E-state index contributed by atoms with van der Waals surface area (Å²) < 4.78 is 0. The minimum absolute atomic E-state index is 0.123. The minimum Gasteiger partial charge on any atom is -0.322 e. The Morgan fingerprint density at radius 3 is 2.64 bits per heavy atom. The quantitative estimate of drug-likeness (QED) is 0.750. The van der Waals surface area contributed by atoms with E-state index in [0.717, 1.165) is 29.8 Å². The number of pyridine rings is 1. The van der Waals surface area contributed by atoms with Gasteiger partial charge in [0.1, 0.15) is 0 Å². The van der Waals surface area contributed by atoms with E-state index in [1.165, 1.54) is 23.1 Å². The number of carbonyl (C=O) groups excluding carboxylic acids is 1. The molecule has 0 saturated carbocycles. The van der Waals surface area contributed by atoms with Crippen LogP contribution in [0.4, 0.5) is 5.69 Å². The van der Waals surface area contributed by atoms with Crippen LogP contribution >= 0.6 is 0 Å². The Morgan fingerprint density at radius 2 is 1.84 bits per heavy atom. The van der Waals surface area contributed by atoms with Gasteiger partial charge >= 0.3 is 0 Å². The van der Waals surface area contributed by atoms with Crippen LogP contribution in [0.25, 0.3) is 11.3 Å². The van der Waals surface area contributed by atoms with Crippen LogP contribution in [0.5, 0.6) is 0 Å². The molecule has 1 heterocycles. The van der Waals surface area contributed by atoms with Crippen LogP contribution in [0.15, 0.2) is 60.8 Å². The lowest BCUT2D eigenvalue weighted by Crippen LogP contribution is -2.12. The number of aryl methyl sites for hydroxylation is 3. The van der Waals surface area contributed by atoms with Crippen molar-refractivity contribution in [2.24, 2.45) is 0 Å². The largest absolute Gasteiger partial charge is 0.322 e. The van der Waals surface area contributed by atoms with Gasteiger partial charge in [-0.2, -0.15) is 0 Å². The average Bonchev–Trinajstić information content (AvgIpc) is 3.10. The van der Waals surface area contributed by atoms with E-state index in [9.17, 15) is 4.79 Å². The van der Waals surface area contributed by atoms with Crippen molar-refractivity contribution in [3.05, 3.63) is 83.0 Å². The molecule has 3 nitrogen and oxygen atoms in total. The third-order valence-corrected chi connectivity index (χ3v) is 4.80. The molecule has 0 spiro atoms. The molecule has 25 heavy (non-hydrogen) atoms. The zero-order valence-electron chi connectivity index (χ0n) is 14.3. The predicted molar refractivity (Wildman–Crippen MR) is 101 cm³/mol. The van der Waals surface area contributed by atoms with Crippen molar-refractivity contribution in [3.63, 3.8) is 0 Å². The molecule has 0 radical (unpaired) electrons. The molecule has 0 saturated heterocycles. The van der Waals surface area contributed by atoms with Crippen LogP contribution < -0.4 is 5.32 Å². The van der Waals surface area contributed by atoms with E-state index in [1.54, 1.807) is 6.20 Å². The fourth-order valence-corrected chi connectivity index (χ4v) is 3.40. The molecule has 124 valence electrons. The molecule has 2 aromatic carbocycles. The van der Waals surface area contributed by atoms with Gasteiger partial charge in [0, 0.05) is 17.4 Å². The maximum absolute atomic E-state index is 12.5. The summed E-state index contributed by atoms with van der Waals surface area (Å²) in [6, 6.07) is 18.0. The molecule has 0 bridgehead atoms. The number of aromatic nitrogens is 1. The predicted octanol–water partition coefficient (Wildman–Crippen LogP) is 4.80. The molecule has 1 amide bonds. The van der Waals surface area contributed by atoms with Gasteiger partial charge in [-0.1, -0.05) is 30.3 Å². The molecular weight excluding hydrogens is 308 g/mol. The number of anilines is 1. The maximum Gasteiger partial charge on any atom is 0.257 e. The molecule has 1 aliphatic carbocycles. The monoisotopic (exact) mass is 328 g/mol. The van der Waals surface area contributed by atoms with Crippen molar-refractivity contribution in [1.29, 1.82) is 0 Å². The molecule has 1 aromatic heterocycles. The average molecular weight is 328 g/mol. The van der Waals surface area contributed by atoms with Crippen LogP contribution in [-0.4, -0.2) is 10.9 Å². The van der Waals surface area contributed by atoms with Gasteiger partial charge < -0.3 is 5.32 Å². The summed E-state index contributed by atoms with van der Waals surface area (Å²) in [6.45, 7) is 2.06. The van der Waals surface area contributed by atoms with Crippen molar-refractivity contribution in [3.8, 4) is 11.3 Å². The number of hydrogen-bond donors (Lipinski definition) is 1. The highest BCUT2D eigenvalue weighted by Crippen LogP contribution is 2.25. The van der Waals surface area contributed by atoms with Crippen molar-refractivity contribution in [2.75, 3.05) is 5.32 Å². The van der Waals surface area contributed by atoms with Crippen molar-refractivity contribution in [1.82, 2.24) is 4.98 Å². The Kier molecular flexibility index (Phi) is 4.06. The fraction of sp³-hybridized carbons (Fsp3) is 0.182. The second-order valence-corrected chi connectivity index (χ2v) is 6.54. The molecule has 1 N–H and O–H groups in total. The van der Waals surface area contributed by atoms with E-state index < -0.39 is 0 Å². The van der Waals surface area contributed by atoms with Gasteiger partial charge in [-0.25, -0.2) is 0 Å². The molecule has 0 atom stereocenters. The first-order valence-corrected chi connectivity index (χ1v) is 8.66. The van der Waals surface area contributed by atoms with Crippen LogP contribution in [0.2, 0.25) is 0 Å². The summed E-state index contributed by atoms with van der Waals surface area (Å²) >= 11 is 0. The lowest BCUT2D eigenvalue weighted by atomic mass is 10.0. The van der Waals surface area contributed by atoms with Gasteiger partial charge in [0.05, 0.1) is 11.3 Å². The first kappa shape index (κ1) is 15.6. The molecule has 1 aliphatic rings. The number of nitrogens with one attached hydrogen (secondary N) is 1. The summed E-state index contributed by atoms with van der Waals surface area (Å²) in [5.41, 5.74) is 7.32. The number of rotatable bonds is 3. The zero-order chi connectivity index (χ0) is 17.2. The number of hydrogen-bond acceptors (Lipinski definition) is 2. The van der Waals surface area contributed by atoms with Crippen LogP contribution in [0.1, 0.15) is 33.5 Å². The van der Waals surface area contributed by atoms with Crippen LogP contribution in [-0.2, 0) is 12.8 Å². The van der Waals surface area contributed by atoms with Crippen LogP contribution in [0.3, 0.4) is 0 Å². The van der Waals surface area contributed by atoms with Gasteiger partial charge in [0.2, 0.25) is 0 Å². The summed E-state index contributed by atoms with van der Waals surface area (Å²) in [5.74, 6) is -0.123. The van der Waals surface area contributed by atoms with Gasteiger partial charge in [-0.05, 0) is 67.1 Å². The molecule has 0 fully saturated rings. The normalized spacial score (nSPS) is 12.7. The summed E-state index contributed by atoms with van der Waals surface area (Å²) in [5, 5.41) is 2.98. The van der Waals surface area contributed by atoms with Crippen molar-refractivity contribution in [2.45, 2.75) is 26.2 Å². The topological polar surface area (TPSA) is 42.0 Å². The molecule has 0 aliphatic heterocycles. The van der Waals surface area contributed by atoms with E-state index >= 15 is 0 Å². The van der Waals surface area contributed by atoms with Gasteiger partial charge in [-0.15, -0.1) is 0 Å². The van der Waals surface area contributed by atoms with E-state index in [-0.39, 0.29) is 5.91 Å². The maximum atomic E-state index is 12.5. The molecule has 0 unspecified atom stereocenters. The number of nitrogens with zero attached hydrogens (tertiary/aromatic N) is 1. The van der Waals surface area contributed by atoms with Gasteiger partial charge in [-0.3, -0.25) is 9.78 Å². The fourth-order valence-electron chi connectivity index (χ4n) is 3.40.